The van der Waals surface area contributed by atoms with Gasteiger partial charge in [-0.05, 0) is 17.0 Å². The molecule has 0 radical (unpaired) electrons. The summed E-state index contributed by atoms with van der Waals surface area (Å²) in [5.74, 6) is 0.187. The summed E-state index contributed by atoms with van der Waals surface area (Å²) in [6.07, 6.45) is 0.794. The van der Waals surface area contributed by atoms with Gasteiger partial charge in [-0.25, -0.2) is 4.79 Å². The van der Waals surface area contributed by atoms with Crippen molar-refractivity contribution in [2.24, 2.45) is 5.92 Å². The lowest BCUT2D eigenvalue weighted by Crippen LogP contribution is -2.48. The molecule has 0 saturated carbocycles. The topological polar surface area (TPSA) is 67.4 Å². The number of carbonyl (C=O) groups is 2. The molecule has 2 aromatic rings. The minimum Gasteiger partial charge on any atom is -0.445 e. The largest absolute Gasteiger partial charge is 0.445 e. The predicted octanol–water partition coefficient (Wildman–Crippen LogP) is 3.69. The zero-order chi connectivity index (χ0) is 19.5. The van der Waals surface area contributed by atoms with Crippen LogP contribution in [0, 0.1) is 5.92 Å². The molecule has 0 saturated heterocycles. The van der Waals surface area contributed by atoms with Gasteiger partial charge < -0.3 is 15.4 Å². The molecule has 0 aliphatic carbocycles. The van der Waals surface area contributed by atoms with Crippen LogP contribution in [-0.2, 0) is 22.6 Å². The third-order valence-corrected chi connectivity index (χ3v) is 4.43. The summed E-state index contributed by atoms with van der Waals surface area (Å²) in [7, 11) is 0. The lowest BCUT2D eigenvalue weighted by atomic mass is 10.0. The highest BCUT2D eigenvalue weighted by Gasteiger charge is 2.22. The number of hydrogen-bond donors (Lipinski definition) is 2. The third kappa shape index (κ3) is 7.52. The van der Waals surface area contributed by atoms with Crippen LogP contribution in [0.2, 0.25) is 0 Å². The highest BCUT2D eigenvalue weighted by atomic mass is 16.5. The maximum absolute atomic E-state index is 12.6. The second-order valence-corrected chi connectivity index (χ2v) is 6.71. The van der Waals surface area contributed by atoms with E-state index in [1.54, 1.807) is 0 Å². The molecule has 2 aromatic carbocycles. The van der Waals surface area contributed by atoms with Gasteiger partial charge >= 0.3 is 6.09 Å². The van der Waals surface area contributed by atoms with Gasteiger partial charge in [-0.2, -0.15) is 0 Å². The minimum absolute atomic E-state index is 0.166. The van der Waals surface area contributed by atoms with E-state index in [9.17, 15) is 9.59 Å². The predicted molar refractivity (Wildman–Crippen MR) is 106 cm³/mol. The summed E-state index contributed by atoms with van der Waals surface area (Å²) in [4.78, 5) is 24.8. The summed E-state index contributed by atoms with van der Waals surface area (Å²) >= 11 is 0. The van der Waals surface area contributed by atoms with Crippen molar-refractivity contribution in [2.75, 3.05) is 6.54 Å². The van der Waals surface area contributed by atoms with E-state index in [1.807, 2.05) is 60.7 Å². The molecule has 0 bridgehead atoms. The molecule has 0 spiro atoms. The molecule has 27 heavy (non-hydrogen) atoms. The Balaban J connectivity index is 1.95. The Hall–Kier alpha value is -2.82. The van der Waals surface area contributed by atoms with E-state index in [0.717, 1.165) is 17.5 Å². The Morgan fingerprint density at radius 3 is 2.15 bits per heavy atom. The highest BCUT2D eigenvalue weighted by Crippen LogP contribution is 2.06. The highest BCUT2D eigenvalue weighted by molar-refractivity contribution is 5.85. The van der Waals surface area contributed by atoms with Crippen LogP contribution in [-0.4, -0.2) is 24.6 Å². The van der Waals surface area contributed by atoms with Crippen LogP contribution < -0.4 is 10.6 Å². The molecule has 2 amide bonds. The maximum atomic E-state index is 12.6. The molecule has 5 heteroatoms. The molecule has 0 aliphatic rings. The van der Waals surface area contributed by atoms with Gasteiger partial charge in [0.15, 0.2) is 0 Å². The minimum atomic E-state index is -0.681. The molecule has 5 nitrogen and oxygen atoms in total. The fraction of sp³-hybridized carbons (Fsp3) is 0.364. The van der Waals surface area contributed by atoms with E-state index in [-0.39, 0.29) is 12.5 Å². The summed E-state index contributed by atoms with van der Waals surface area (Å²) in [5.41, 5.74) is 1.87. The van der Waals surface area contributed by atoms with Gasteiger partial charge in [0.25, 0.3) is 0 Å². The number of benzene rings is 2. The summed E-state index contributed by atoms with van der Waals surface area (Å²) in [5, 5.41) is 5.63. The fourth-order valence-electron chi connectivity index (χ4n) is 2.51. The molecular weight excluding hydrogens is 340 g/mol. The van der Waals surface area contributed by atoms with Gasteiger partial charge in [0.1, 0.15) is 12.6 Å². The lowest BCUT2D eigenvalue weighted by molar-refractivity contribution is -0.123. The van der Waals surface area contributed by atoms with Crippen molar-refractivity contribution in [1.82, 2.24) is 10.6 Å². The van der Waals surface area contributed by atoms with Crippen LogP contribution in [0.15, 0.2) is 60.7 Å². The number of rotatable bonds is 9. The van der Waals surface area contributed by atoms with Crippen LogP contribution in [0.3, 0.4) is 0 Å². The smallest absolute Gasteiger partial charge is 0.408 e. The zero-order valence-corrected chi connectivity index (χ0v) is 16.0. The standard InChI is InChI=1S/C22H28N2O3/c1-3-17(2)15-23-21(25)20(14-18-10-6-4-7-11-18)24-22(26)27-16-19-12-8-5-9-13-19/h4-13,17,20H,3,14-16H2,1-2H3,(H,23,25)(H,24,26)/t17-,20+/m1/s1. The third-order valence-electron chi connectivity index (χ3n) is 4.43. The van der Waals surface area contributed by atoms with Crippen LogP contribution in [0.5, 0.6) is 0 Å². The van der Waals surface area contributed by atoms with E-state index in [4.69, 9.17) is 4.74 Å². The monoisotopic (exact) mass is 368 g/mol. The van der Waals surface area contributed by atoms with Crippen LogP contribution in [0.25, 0.3) is 0 Å². The second-order valence-electron chi connectivity index (χ2n) is 6.71. The van der Waals surface area contributed by atoms with E-state index in [2.05, 4.69) is 24.5 Å². The van der Waals surface area contributed by atoms with Crippen LogP contribution >= 0.6 is 0 Å². The van der Waals surface area contributed by atoms with E-state index in [1.165, 1.54) is 0 Å². The Morgan fingerprint density at radius 2 is 1.56 bits per heavy atom. The Bertz CT molecular complexity index is 704. The molecule has 0 aromatic heterocycles. The van der Waals surface area contributed by atoms with Gasteiger partial charge in [0.05, 0.1) is 0 Å². The number of ether oxygens (including phenoxy) is 1. The Labute approximate surface area is 161 Å². The Kier molecular flexibility index (Phi) is 8.36. The molecule has 0 unspecified atom stereocenters. The summed E-state index contributed by atoms with van der Waals surface area (Å²) < 4.78 is 5.26. The zero-order valence-electron chi connectivity index (χ0n) is 16.0. The SMILES string of the molecule is CC[C@@H](C)CNC(=O)[C@H](Cc1ccccc1)NC(=O)OCc1ccccc1. The van der Waals surface area contributed by atoms with Crippen molar-refractivity contribution in [2.45, 2.75) is 39.3 Å². The lowest BCUT2D eigenvalue weighted by Gasteiger charge is -2.20. The molecule has 2 rings (SSSR count). The average Bonchev–Trinajstić information content (AvgIpc) is 2.71. The number of hydrogen-bond acceptors (Lipinski definition) is 3. The quantitative estimate of drug-likeness (QED) is 0.709. The Morgan fingerprint density at radius 1 is 0.963 bits per heavy atom. The van der Waals surface area contributed by atoms with Crippen LogP contribution in [0.1, 0.15) is 31.4 Å². The van der Waals surface area contributed by atoms with E-state index >= 15 is 0 Å². The van der Waals surface area contributed by atoms with Crippen molar-refractivity contribution in [1.29, 1.82) is 0 Å². The first-order valence-corrected chi connectivity index (χ1v) is 9.37. The number of nitrogens with one attached hydrogen (secondary N) is 2. The maximum Gasteiger partial charge on any atom is 0.408 e. The van der Waals surface area contributed by atoms with Crippen molar-refractivity contribution < 1.29 is 14.3 Å². The first-order valence-electron chi connectivity index (χ1n) is 9.37. The van der Waals surface area contributed by atoms with Gasteiger partial charge in [-0.3, -0.25) is 4.79 Å². The second kappa shape index (κ2) is 11.0. The first kappa shape index (κ1) is 20.5. The molecule has 144 valence electrons. The van der Waals surface area contributed by atoms with Crippen molar-refractivity contribution in [3.05, 3.63) is 71.8 Å². The van der Waals surface area contributed by atoms with Gasteiger partial charge in [-0.15, -0.1) is 0 Å². The average molecular weight is 368 g/mol. The summed E-state index contributed by atoms with van der Waals surface area (Å²) in [6, 6.07) is 18.4. The van der Waals surface area contributed by atoms with E-state index < -0.39 is 12.1 Å². The van der Waals surface area contributed by atoms with Gasteiger partial charge in [0, 0.05) is 13.0 Å². The number of carbonyl (C=O) groups excluding carboxylic acids is 2. The van der Waals surface area contributed by atoms with Gasteiger partial charge in [-0.1, -0.05) is 80.9 Å². The molecule has 0 heterocycles. The van der Waals surface area contributed by atoms with Crippen molar-refractivity contribution >= 4 is 12.0 Å². The number of amides is 2. The van der Waals surface area contributed by atoms with Gasteiger partial charge in [0.2, 0.25) is 5.91 Å². The van der Waals surface area contributed by atoms with Crippen molar-refractivity contribution in [3.8, 4) is 0 Å². The number of alkyl carbamates (subject to hydrolysis) is 1. The molecular formula is C22H28N2O3. The van der Waals surface area contributed by atoms with Crippen molar-refractivity contribution in [3.63, 3.8) is 0 Å². The molecule has 2 atom stereocenters. The fourth-order valence-corrected chi connectivity index (χ4v) is 2.51. The summed E-state index contributed by atoms with van der Waals surface area (Å²) in [6.45, 7) is 4.91. The van der Waals surface area contributed by atoms with E-state index in [0.29, 0.717) is 18.9 Å². The molecule has 0 fully saturated rings. The first-order chi connectivity index (χ1) is 13.1. The molecule has 2 N–H and O–H groups in total. The molecule has 0 aliphatic heterocycles. The van der Waals surface area contributed by atoms with Crippen LogP contribution in [0.4, 0.5) is 4.79 Å². The normalized spacial score (nSPS) is 12.7.